The molecule has 0 saturated heterocycles. The van der Waals surface area contributed by atoms with E-state index in [0.29, 0.717) is 24.7 Å². The van der Waals surface area contributed by atoms with Crippen LogP contribution in [0.25, 0.3) is 11.0 Å². The maximum absolute atomic E-state index is 12.3. The lowest BCUT2D eigenvalue weighted by Gasteiger charge is -2.18. The van der Waals surface area contributed by atoms with Crippen molar-refractivity contribution in [2.45, 2.75) is 20.0 Å². The molecule has 0 aliphatic rings. The maximum atomic E-state index is 12.3. The van der Waals surface area contributed by atoms with Gasteiger partial charge in [-0.05, 0) is 36.8 Å². The van der Waals surface area contributed by atoms with Crippen molar-refractivity contribution >= 4 is 28.7 Å². The zero-order valence-corrected chi connectivity index (χ0v) is 15.1. The highest BCUT2D eigenvalue weighted by molar-refractivity contribution is 6.30. The van der Waals surface area contributed by atoms with Crippen molar-refractivity contribution in [3.8, 4) is 0 Å². The van der Waals surface area contributed by atoms with Gasteiger partial charge in [-0.1, -0.05) is 35.9 Å². The smallest absolute Gasteiger partial charge is 0.317 e. The third-order valence-electron chi connectivity index (χ3n) is 4.11. The molecule has 0 spiro atoms. The number of hydrogen-bond acceptors (Lipinski definition) is 2. The first-order chi connectivity index (χ1) is 12.0. The van der Waals surface area contributed by atoms with E-state index >= 15 is 0 Å². The monoisotopic (exact) mass is 356 g/mol. The van der Waals surface area contributed by atoms with Crippen LogP contribution < -0.4 is 5.32 Å². The molecule has 25 heavy (non-hydrogen) atoms. The van der Waals surface area contributed by atoms with Gasteiger partial charge in [0, 0.05) is 31.7 Å². The Morgan fingerprint density at radius 1 is 1.24 bits per heavy atom. The number of aryl methyl sites for hydroxylation is 1. The summed E-state index contributed by atoms with van der Waals surface area (Å²) in [5.74, 6) is 0.947. The van der Waals surface area contributed by atoms with Gasteiger partial charge in [-0.25, -0.2) is 9.78 Å². The predicted molar refractivity (Wildman–Crippen MR) is 101 cm³/mol. The number of fused-ring (bicyclic) bond motifs is 1. The van der Waals surface area contributed by atoms with Gasteiger partial charge in [0.1, 0.15) is 5.82 Å². The molecule has 1 aromatic heterocycles. The summed E-state index contributed by atoms with van der Waals surface area (Å²) in [5, 5.41) is 3.63. The molecule has 0 aliphatic heterocycles. The van der Waals surface area contributed by atoms with Crippen molar-refractivity contribution in [2.24, 2.45) is 0 Å². The number of hydrogen-bond donors (Lipinski definition) is 1. The number of rotatable bonds is 5. The lowest BCUT2D eigenvalue weighted by Crippen LogP contribution is -2.38. The minimum atomic E-state index is -0.109. The Morgan fingerprint density at radius 3 is 2.84 bits per heavy atom. The molecule has 0 fully saturated rings. The van der Waals surface area contributed by atoms with Crippen molar-refractivity contribution in [3.05, 3.63) is 64.9 Å². The molecule has 3 rings (SSSR count). The molecular weight excluding hydrogens is 336 g/mol. The lowest BCUT2D eigenvalue weighted by atomic mass is 10.2. The van der Waals surface area contributed by atoms with Gasteiger partial charge in [0.25, 0.3) is 0 Å². The molecule has 5 nitrogen and oxygen atoms in total. The second-order valence-corrected chi connectivity index (χ2v) is 6.45. The number of para-hydroxylation sites is 2. The first kappa shape index (κ1) is 17.3. The van der Waals surface area contributed by atoms with E-state index in [0.717, 1.165) is 22.4 Å². The van der Waals surface area contributed by atoms with Gasteiger partial charge >= 0.3 is 6.03 Å². The largest absolute Gasteiger partial charge is 0.336 e. The number of nitrogens with one attached hydrogen (secondary N) is 1. The Balaban J connectivity index is 1.56. The molecule has 130 valence electrons. The normalized spacial score (nSPS) is 10.8. The van der Waals surface area contributed by atoms with Crippen LogP contribution in [0, 0.1) is 6.92 Å². The summed E-state index contributed by atoms with van der Waals surface area (Å²) in [7, 11) is 1.77. The Hall–Kier alpha value is -2.53. The summed E-state index contributed by atoms with van der Waals surface area (Å²) >= 11 is 5.98. The summed E-state index contributed by atoms with van der Waals surface area (Å²) in [6.07, 6.45) is 0. The molecular formula is C19H21ClN4O. The van der Waals surface area contributed by atoms with Crippen LogP contribution in [-0.4, -0.2) is 34.1 Å². The van der Waals surface area contributed by atoms with Crippen LogP contribution in [0.2, 0.25) is 5.02 Å². The summed E-state index contributed by atoms with van der Waals surface area (Å²) in [4.78, 5) is 18.4. The van der Waals surface area contributed by atoms with E-state index in [1.54, 1.807) is 11.9 Å². The molecule has 0 saturated carbocycles. The zero-order valence-electron chi connectivity index (χ0n) is 14.4. The second-order valence-electron chi connectivity index (χ2n) is 6.02. The minimum absolute atomic E-state index is 0.109. The van der Waals surface area contributed by atoms with Gasteiger partial charge in [0.15, 0.2) is 0 Å². The fourth-order valence-electron chi connectivity index (χ4n) is 2.87. The molecule has 0 atom stereocenters. The molecule has 2 aromatic carbocycles. The van der Waals surface area contributed by atoms with E-state index in [1.165, 1.54) is 0 Å². The standard InChI is InChI=1S/C19H21ClN4O/c1-14-22-17-8-3-4-9-18(17)24(14)11-10-21-19(25)23(2)13-15-6-5-7-16(20)12-15/h3-9,12H,10-11,13H2,1-2H3,(H,21,25). The van der Waals surface area contributed by atoms with Crippen LogP contribution >= 0.6 is 11.6 Å². The molecule has 2 amide bonds. The molecule has 0 radical (unpaired) electrons. The molecule has 0 bridgehead atoms. The first-order valence-electron chi connectivity index (χ1n) is 8.20. The third kappa shape index (κ3) is 4.12. The fraction of sp³-hybridized carbons (Fsp3) is 0.263. The van der Waals surface area contributed by atoms with Gasteiger partial charge < -0.3 is 14.8 Å². The summed E-state index contributed by atoms with van der Waals surface area (Å²) < 4.78 is 2.12. The van der Waals surface area contributed by atoms with Gasteiger partial charge in [0.05, 0.1) is 11.0 Å². The maximum Gasteiger partial charge on any atom is 0.317 e. The number of carbonyl (C=O) groups is 1. The summed E-state index contributed by atoms with van der Waals surface area (Å²) in [6.45, 7) is 3.72. The van der Waals surface area contributed by atoms with Gasteiger partial charge in [-0.2, -0.15) is 0 Å². The van der Waals surface area contributed by atoms with Gasteiger partial charge in [-0.15, -0.1) is 0 Å². The minimum Gasteiger partial charge on any atom is -0.336 e. The van der Waals surface area contributed by atoms with Crippen molar-refractivity contribution in [1.82, 2.24) is 19.8 Å². The predicted octanol–water partition coefficient (Wildman–Crippen LogP) is 3.84. The van der Waals surface area contributed by atoms with Crippen LogP contribution in [-0.2, 0) is 13.1 Å². The van der Waals surface area contributed by atoms with Crippen molar-refractivity contribution in [2.75, 3.05) is 13.6 Å². The lowest BCUT2D eigenvalue weighted by molar-refractivity contribution is 0.206. The van der Waals surface area contributed by atoms with E-state index in [2.05, 4.69) is 14.9 Å². The van der Waals surface area contributed by atoms with Crippen molar-refractivity contribution in [1.29, 1.82) is 0 Å². The van der Waals surface area contributed by atoms with E-state index in [-0.39, 0.29) is 6.03 Å². The Labute approximate surface area is 152 Å². The molecule has 6 heteroatoms. The highest BCUT2D eigenvalue weighted by Gasteiger charge is 2.10. The average Bonchev–Trinajstić information content (AvgIpc) is 2.90. The summed E-state index contributed by atoms with van der Waals surface area (Å²) in [5.41, 5.74) is 3.06. The van der Waals surface area contributed by atoms with E-state index in [4.69, 9.17) is 11.6 Å². The summed E-state index contributed by atoms with van der Waals surface area (Å²) in [6, 6.07) is 15.4. The van der Waals surface area contributed by atoms with Crippen LogP contribution in [0.1, 0.15) is 11.4 Å². The molecule has 1 N–H and O–H groups in total. The second kappa shape index (κ2) is 7.57. The first-order valence-corrected chi connectivity index (χ1v) is 8.57. The topological polar surface area (TPSA) is 50.2 Å². The highest BCUT2D eigenvalue weighted by Crippen LogP contribution is 2.15. The Morgan fingerprint density at radius 2 is 2.04 bits per heavy atom. The number of nitrogens with zero attached hydrogens (tertiary/aromatic N) is 3. The number of carbonyl (C=O) groups excluding carboxylic acids is 1. The van der Waals surface area contributed by atoms with E-state index < -0.39 is 0 Å². The SMILES string of the molecule is Cc1nc2ccccc2n1CCNC(=O)N(C)Cc1cccc(Cl)c1. The third-order valence-corrected chi connectivity index (χ3v) is 4.35. The van der Waals surface area contributed by atoms with Crippen molar-refractivity contribution in [3.63, 3.8) is 0 Å². The fourth-order valence-corrected chi connectivity index (χ4v) is 3.08. The number of urea groups is 1. The van der Waals surface area contributed by atoms with Crippen molar-refractivity contribution < 1.29 is 4.79 Å². The van der Waals surface area contributed by atoms with Crippen LogP contribution in [0.15, 0.2) is 48.5 Å². The molecule has 3 aromatic rings. The number of imidazole rings is 1. The Kier molecular flexibility index (Phi) is 5.24. The zero-order chi connectivity index (χ0) is 17.8. The number of aromatic nitrogens is 2. The Bertz CT molecular complexity index is 890. The highest BCUT2D eigenvalue weighted by atomic mass is 35.5. The average molecular weight is 357 g/mol. The van der Waals surface area contributed by atoms with Gasteiger partial charge in [-0.3, -0.25) is 0 Å². The van der Waals surface area contributed by atoms with Crippen LogP contribution in [0.4, 0.5) is 4.79 Å². The number of amides is 2. The number of halogens is 1. The molecule has 0 aliphatic carbocycles. The van der Waals surface area contributed by atoms with Crippen LogP contribution in [0.3, 0.4) is 0 Å². The van der Waals surface area contributed by atoms with E-state index in [1.807, 2.05) is 55.5 Å². The quantitative estimate of drug-likeness (QED) is 0.755. The van der Waals surface area contributed by atoms with E-state index in [9.17, 15) is 4.79 Å². The molecule has 1 heterocycles. The number of benzene rings is 2. The molecule has 0 unspecified atom stereocenters. The van der Waals surface area contributed by atoms with Crippen LogP contribution in [0.5, 0.6) is 0 Å². The van der Waals surface area contributed by atoms with Gasteiger partial charge in [0.2, 0.25) is 0 Å².